The number of Topliss-reactive ketones (excluding diaryl/α,β-unsaturated/α-hetero) is 1. The molecule has 1 saturated heterocycles. The molecule has 1 fully saturated rings. The van der Waals surface area contributed by atoms with Crippen LogP contribution in [0.4, 0.5) is 0 Å². The van der Waals surface area contributed by atoms with E-state index < -0.39 is 6.04 Å². The summed E-state index contributed by atoms with van der Waals surface area (Å²) in [6.07, 6.45) is 4.24. The second kappa shape index (κ2) is 16.5. The monoisotopic (exact) mass is 614 g/mol. The van der Waals surface area contributed by atoms with Crippen LogP contribution in [0, 0.1) is 0 Å². The number of piperazine rings is 1. The lowest BCUT2D eigenvalue weighted by Crippen LogP contribution is -2.46. The minimum absolute atomic E-state index is 0.196. The van der Waals surface area contributed by atoms with Crippen LogP contribution in [0.15, 0.2) is 109 Å². The van der Waals surface area contributed by atoms with Gasteiger partial charge in [-0.25, -0.2) is 0 Å². The Bertz CT molecular complexity index is 1610. The third-order valence-electron chi connectivity index (χ3n) is 8.39. The number of benzene rings is 4. The minimum atomic E-state index is -0.819. The van der Waals surface area contributed by atoms with Crippen molar-refractivity contribution in [1.29, 1.82) is 0 Å². The first-order chi connectivity index (χ1) is 22.5. The largest absolute Gasteiger partial charge is 0.345 e. The van der Waals surface area contributed by atoms with Gasteiger partial charge in [-0.3, -0.25) is 19.3 Å². The molecule has 4 aromatic rings. The maximum atomic E-state index is 13.6. The maximum absolute atomic E-state index is 13.6. The molecule has 0 radical (unpaired) electrons. The smallest absolute Gasteiger partial charge is 0.252 e. The summed E-state index contributed by atoms with van der Waals surface area (Å²) in [6, 6.07) is 33.4. The number of hydrogen-bond donors (Lipinski definition) is 2. The highest BCUT2D eigenvalue weighted by molar-refractivity contribution is 6.02. The first kappa shape index (κ1) is 32.5. The average molecular weight is 615 g/mol. The molecule has 0 spiro atoms. The number of amides is 2. The van der Waals surface area contributed by atoms with Crippen LogP contribution in [0.1, 0.15) is 49.9 Å². The summed E-state index contributed by atoms with van der Waals surface area (Å²) in [6.45, 7) is 8.51. The number of ketones is 1. The van der Waals surface area contributed by atoms with Crippen molar-refractivity contribution in [3.8, 4) is 0 Å². The number of nitrogens with one attached hydrogen (secondary N) is 2. The van der Waals surface area contributed by atoms with Gasteiger partial charge in [0.05, 0.1) is 12.6 Å². The molecular weight excluding hydrogens is 572 g/mol. The Morgan fingerprint density at radius 3 is 2.02 bits per heavy atom. The molecule has 0 unspecified atom stereocenters. The quantitative estimate of drug-likeness (QED) is 0.199. The summed E-state index contributed by atoms with van der Waals surface area (Å²) in [7, 11) is 0. The van der Waals surface area contributed by atoms with Gasteiger partial charge in [-0.05, 0) is 53.4 Å². The van der Waals surface area contributed by atoms with Crippen molar-refractivity contribution in [2.24, 2.45) is 0 Å². The van der Waals surface area contributed by atoms with Crippen LogP contribution in [0.25, 0.3) is 12.2 Å². The first-order valence-electron chi connectivity index (χ1n) is 16.0. The summed E-state index contributed by atoms with van der Waals surface area (Å²) >= 11 is 0. The summed E-state index contributed by atoms with van der Waals surface area (Å²) in [5.74, 6) is -0.957. The fraction of sp³-hybridized carbons (Fsp3) is 0.256. The molecule has 0 aromatic heterocycles. The van der Waals surface area contributed by atoms with Crippen LogP contribution < -0.4 is 10.6 Å². The summed E-state index contributed by atoms with van der Waals surface area (Å²) in [4.78, 5) is 44.6. The number of hydrogen-bond acceptors (Lipinski definition) is 5. The van der Waals surface area contributed by atoms with Crippen LogP contribution >= 0.6 is 0 Å². The van der Waals surface area contributed by atoms with Gasteiger partial charge in [0.15, 0.2) is 5.78 Å². The van der Waals surface area contributed by atoms with Crippen LogP contribution in [0.3, 0.4) is 0 Å². The van der Waals surface area contributed by atoms with Crippen molar-refractivity contribution in [3.05, 3.63) is 143 Å². The molecule has 0 saturated carbocycles. The van der Waals surface area contributed by atoms with Gasteiger partial charge in [0, 0.05) is 43.9 Å². The number of carbonyl (C=O) groups is 3. The molecule has 1 aliphatic rings. The molecule has 1 heterocycles. The van der Waals surface area contributed by atoms with E-state index in [2.05, 4.69) is 51.6 Å². The second-order valence-electron chi connectivity index (χ2n) is 11.6. The predicted molar refractivity (Wildman–Crippen MR) is 184 cm³/mol. The molecule has 0 aliphatic carbocycles. The molecule has 1 atom stereocenters. The molecule has 2 N–H and O–H groups in total. The molecular formula is C39H42N4O3. The van der Waals surface area contributed by atoms with Crippen LogP contribution in [-0.2, 0) is 17.8 Å². The van der Waals surface area contributed by atoms with E-state index in [0.717, 1.165) is 56.0 Å². The van der Waals surface area contributed by atoms with Gasteiger partial charge in [-0.15, -0.1) is 0 Å². The zero-order chi connectivity index (χ0) is 32.1. The molecule has 46 heavy (non-hydrogen) atoms. The maximum Gasteiger partial charge on any atom is 0.252 e. The molecule has 7 heteroatoms. The highest BCUT2D eigenvalue weighted by Gasteiger charge is 2.23. The van der Waals surface area contributed by atoms with Gasteiger partial charge in [0.1, 0.15) is 0 Å². The minimum Gasteiger partial charge on any atom is -0.345 e. The lowest BCUT2D eigenvalue weighted by atomic mass is 10.00. The Hall–Kier alpha value is -4.85. The van der Waals surface area contributed by atoms with Crippen LogP contribution in [0.5, 0.6) is 0 Å². The Labute approximate surface area is 271 Å². The lowest BCUT2D eigenvalue weighted by molar-refractivity contribution is -0.119. The summed E-state index contributed by atoms with van der Waals surface area (Å²) in [5.41, 5.74) is 4.94. The van der Waals surface area contributed by atoms with Crippen molar-refractivity contribution in [2.45, 2.75) is 25.9 Å². The third-order valence-corrected chi connectivity index (χ3v) is 8.39. The zero-order valence-corrected chi connectivity index (χ0v) is 26.4. The third kappa shape index (κ3) is 9.33. The Morgan fingerprint density at radius 2 is 1.33 bits per heavy atom. The van der Waals surface area contributed by atoms with Crippen LogP contribution in [-0.4, -0.2) is 72.7 Å². The number of carbonyl (C=O) groups excluding carboxylic acids is 3. The van der Waals surface area contributed by atoms with Gasteiger partial charge in [-0.1, -0.05) is 110 Å². The van der Waals surface area contributed by atoms with Crippen molar-refractivity contribution >= 4 is 29.7 Å². The van der Waals surface area contributed by atoms with E-state index in [1.165, 1.54) is 5.56 Å². The molecule has 2 amide bonds. The van der Waals surface area contributed by atoms with E-state index in [1.54, 1.807) is 30.3 Å². The van der Waals surface area contributed by atoms with Gasteiger partial charge in [0.2, 0.25) is 0 Å². The van der Waals surface area contributed by atoms with E-state index in [9.17, 15) is 14.4 Å². The SMILES string of the molecule is CCN1CCN(Cc2ccc(C=Cc3ccccc3C(=O)N[C@@H](Cc3ccccc3)C(=O)CNC(=O)c3ccccc3)cc2)CC1. The Kier molecular flexibility index (Phi) is 11.6. The summed E-state index contributed by atoms with van der Waals surface area (Å²) < 4.78 is 0. The predicted octanol–water partition coefficient (Wildman–Crippen LogP) is 5.33. The van der Waals surface area contributed by atoms with Crippen molar-refractivity contribution in [3.63, 3.8) is 0 Å². The van der Waals surface area contributed by atoms with Crippen LogP contribution in [0.2, 0.25) is 0 Å². The lowest BCUT2D eigenvalue weighted by Gasteiger charge is -2.34. The van der Waals surface area contributed by atoms with E-state index in [0.29, 0.717) is 17.5 Å². The molecule has 4 aromatic carbocycles. The molecule has 0 bridgehead atoms. The normalized spacial score (nSPS) is 14.5. The topological polar surface area (TPSA) is 81.8 Å². The zero-order valence-electron chi connectivity index (χ0n) is 26.4. The van der Waals surface area contributed by atoms with Gasteiger partial charge in [0.25, 0.3) is 11.8 Å². The highest BCUT2D eigenvalue weighted by Crippen LogP contribution is 2.16. The Balaban J connectivity index is 1.24. The van der Waals surface area contributed by atoms with E-state index in [4.69, 9.17) is 0 Å². The number of nitrogens with zero attached hydrogens (tertiary/aromatic N) is 2. The fourth-order valence-corrected chi connectivity index (χ4v) is 5.60. The molecule has 236 valence electrons. The molecule has 1 aliphatic heterocycles. The second-order valence-corrected chi connectivity index (χ2v) is 11.6. The van der Waals surface area contributed by atoms with Gasteiger partial charge in [-0.2, -0.15) is 0 Å². The van der Waals surface area contributed by atoms with Crippen molar-refractivity contribution in [2.75, 3.05) is 39.3 Å². The van der Waals surface area contributed by atoms with Crippen molar-refractivity contribution < 1.29 is 14.4 Å². The number of likely N-dealkylation sites (N-methyl/N-ethyl adjacent to an activating group) is 1. The van der Waals surface area contributed by atoms with E-state index in [-0.39, 0.29) is 24.1 Å². The van der Waals surface area contributed by atoms with E-state index in [1.807, 2.05) is 66.7 Å². The summed E-state index contributed by atoms with van der Waals surface area (Å²) in [5, 5.41) is 5.66. The fourth-order valence-electron chi connectivity index (χ4n) is 5.60. The molecule has 7 nitrogen and oxygen atoms in total. The van der Waals surface area contributed by atoms with Gasteiger partial charge >= 0.3 is 0 Å². The highest BCUT2D eigenvalue weighted by atomic mass is 16.2. The van der Waals surface area contributed by atoms with E-state index >= 15 is 0 Å². The van der Waals surface area contributed by atoms with Gasteiger partial charge < -0.3 is 15.5 Å². The standard InChI is InChI=1S/C39H42N4O3/c1-2-42-23-25-43(26-24-42)29-32-19-17-30(18-20-32)21-22-33-13-9-10-16-35(33)39(46)41-36(27-31-11-5-3-6-12-31)37(44)28-40-38(45)34-14-7-4-8-15-34/h3-22,36H,2,23-29H2,1H3,(H,40,45)(H,41,46)/t36-/m0/s1. The number of rotatable bonds is 13. The first-order valence-corrected chi connectivity index (χ1v) is 16.0. The Morgan fingerprint density at radius 1 is 0.696 bits per heavy atom. The average Bonchev–Trinajstić information content (AvgIpc) is 3.11. The molecule has 5 rings (SSSR count). The van der Waals surface area contributed by atoms with Crippen molar-refractivity contribution in [1.82, 2.24) is 20.4 Å².